The summed E-state index contributed by atoms with van der Waals surface area (Å²) in [7, 11) is -5.80. The van der Waals surface area contributed by atoms with E-state index >= 15 is 0 Å². The van der Waals surface area contributed by atoms with Gasteiger partial charge < -0.3 is 9.94 Å². The molecule has 4 saturated carbocycles. The number of hydrogen-bond donors (Lipinski definition) is 0. The molecule has 0 radical (unpaired) electrons. The summed E-state index contributed by atoms with van der Waals surface area (Å²) < 4.78 is 63.2. The Hall–Kier alpha value is -0.870. The first-order chi connectivity index (χ1) is 13.5. The Bertz CT molecular complexity index is 768. The van der Waals surface area contributed by atoms with E-state index in [-0.39, 0.29) is 24.4 Å². The standard InChI is InChI=1S/C19H27F3NO5S/c20-19(21,22)29(26,27)23(25)5-3-1-2-4-6-28-16(24)17-9-13-7-14-8-15(11-17)18(14,10-13)12-17/h13-15H,1-12H2/q-1. The summed E-state index contributed by atoms with van der Waals surface area (Å²) in [5.74, 6) is 2.09. The minimum atomic E-state index is -5.80. The van der Waals surface area contributed by atoms with E-state index < -0.39 is 26.5 Å². The van der Waals surface area contributed by atoms with E-state index in [9.17, 15) is 31.6 Å². The van der Waals surface area contributed by atoms with Crippen molar-refractivity contribution >= 4 is 16.0 Å². The molecule has 166 valence electrons. The molecule has 0 aromatic rings. The zero-order valence-corrected chi connectivity index (χ0v) is 17.1. The second-order valence-corrected chi connectivity index (χ2v) is 11.4. The van der Waals surface area contributed by atoms with Crippen LogP contribution in [0.3, 0.4) is 0 Å². The largest absolute Gasteiger partial charge is 0.772 e. The summed E-state index contributed by atoms with van der Waals surface area (Å²) >= 11 is 0. The zero-order chi connectivity index (χ0) is 21.1. The number of fused-ring (bicyclic) bond motifs is 2. The highest BCUT2D eigenvalue weighted by atomic mass is 32.2. The molecule has 6 nitrogen and oxygen atoms in total. The van der Waals surface area contributed by atoms with Crippen molar-refractivity contribution in [2.75, 3.05) is 13.2 Å². The number of sulfonamides is 1. The van der Waals surface area contributed by atoms with Gasteiger partial charge in [0.15, 0.2) is 0 Å². The number of alkyl halides is 3. The molecule has 4 aliphatic carbocycles. The van der Waals surface area contributed by atoms with Crippen LogP contribution in [0.25, 0.3) is 0 Å². The van der Waals surface area contributed by atoms with Crippen LogP contribution in [0, 0.1) is 33.8 Å². The number of carbonyl (C=O) groups excluding carboxylic acids is 1. The quantitative estimate of drug-likeness (QED) is 0.309. The summed E-state index contributed by atoms with van der Waals surface area (Å²) in [6.45, 7) is -0.467. The van der Waals surface area contributed by atoms with E-state index in [0.29, 0.717) is 36.5 Å². The Kier molecular flexibility index (Phi) is 5.22. The first-order valence-corrected chi connectivity index (χ1v) is 11.9. The maximum Gasteiger partial charge on any atom is 0.510 e. The fourth-order valence-corrected chi connectivity index (χ4v) is 7.45. The number of rotatable bonds is 9. The summed E-state index contributed by atoms with van der Waals surface area (Å²) in [5, 5.41) is 11.2. The third-order valence-corrected chi connectivity index (χ3v) is 9.23. The summed E-state index contributed by atoms with van der Waals surface area (Å²) in [5.41, 5.74) is -5.45. The van der Waals surface area contributed by atoms with E-state index in [1.807, 2.05) is 0 Å². The van der Waals surface area contributed by atoms with Crippen LogP contribution in [0.4, 0.5) is 13.2 Å². The minimum absolute atomic E-state index is 0.0317. The molecule has 0 heterocycles. The number of unbranched alkanes of at least 4 members (excludes halogenated alkanes) is 3. The van der Waals surface area contributed by atoms with Crippen LogP contribution in [0.2, 0.25) is 0 Å². The van der Waals surface area contributed by atoms with Crippen molar-refractivity contribution in [1.82, 2.24) is 4.47 Å². The molecule has 1 spiro atoms. The molecule has 5 atom stereocenters. The fraction of sp³-hybridized carbons (Fsp3) is 0.947. The van der Waals surface area contributed by atoms with Gasteiger partial charge in [-0.15, -0.1) is 0 Å². The Morgan fingerprint density at radius 3 is 2.52 bits per heavy atom. The predicted octanol–water partition coefficient (Wildman–Crippen LogP) is 3.96. The molecule has 0 aliphatic heterocycles. The SMILES string of the molecule is O=C(OCCCCCCN([O-])S(=O)(=O)C(F)(F)F)C12CC3CC4CC(C1)C4(C3)C2. The summed E-state index contributed by atoms with van der Waals surface area (Å²) in [6, 6.07) is 0. The van der Waals surface area contributed by atoms with Crippen LogP contribution >= 0.6 is 0 Å². The molecule has 4 fully saturated rings. The normalized spacial score (nSPS) is 37.6. The molecule has 0 saturated heterocycles. The Morgan fingerprint density at radius 1 is 1.07 bits per heavy atom. The molecule has 3 bridgehead atoms. The fourth-order valence-electron chi connectivity index (χ4n) is 6.85. The van der Waals surface area contributed by atoms with Crippen LogP contribution < -0.4 is 0 Å². The molecule has 0 aromatic heterocycles. The highest BCUT2D eigenvalue weighted by molar-refractivity contribution is 7.90. The number of halogens is 3. The second kappa shape index (κ2) is 7.09. The second-order valence-electron chi connectivity index (χ2n) is 9.56. The van der Waals surface area contributed by atoms with Crippen molar-refractivity contribution in [2.45, 2.75) is 69.7 Å². The van der Waals surface area contributed by atoms with E-state index in [2.05, 4.69) is 0 Å². The van der Waals surface area contributed by atoms with Crippen LogP contribution in [-0.2, 0) is 19.6 Å². The lowest BCUT2D eigenvalue weighted by Crippen LogP contribution is -2.42. The molecule has 0 N–H and O–H groups in total. The van der Waals surface area contributed by atoms with Gasteiger partial charge in [-0.1, -0.05) is 12.8 Å². The van der Waals surface area contributed by atoms with Gasteiger partial charge in [0.05, 0.1) is 12.0 Å². The van der Waals surface area contributed by atoms with Crippen molar-refractivity contribution in [3.8, 4) is 0 Å². The van der Waals surface area contributed by atoms with Gasteiger partial charge in [-0.3, -0.25) is 9.26 Å². The van der Waals surface area contributed by atoms with Crippen molar-refractivity contribution in [3.05, 3.63) is 5.21 Å². The number of nitrogens with zero attached hydrogens (tertiary/aromatic N) is 1. The number of hydroxylamine groups is 1. The average molecular weight is 438 g/mol. The Morgan fingerprint density at radius 2 is 1.79 bits per heavy atom. The lowest BCUT2D eigenvalue weighted by atomic mass is 9.55. The Labute approximate surface area is 168 Å². The monoisotopic (exact) mass is 438 g/mol. The van der Waals surface area contributed by atoms with Gasteiger partial charge in [-0.2, -0.15) is 13.2 Å². The molecule has 0 amide bonds. The minimum Gasteiger partial charge on any atom is -0.772 e. The topological polar surface area (TPSA) is 86.7 Å². The van der Waals surface area contributed by atoms with Gasteiger partial charge >= 0.3 is 21.5 Å². The lowest BCUT2D eigenvalue weighted by Gasteiger charge is -2.49. The third-order valence-electron chi connectivity index (χ3n) is 7.93. The smallest absolute Gasteiger partial charge is 0.510 e. The van der Waals surface area contributed by atoms with Gasteiger partial charge in [0.1, 0.15) is 0 Å². The number of hydrogen-bond acceptors (Lipinski definition) is 5. The number of esters is 1. The van der Waals surface area contributed by atoms with Crippen LogP contribution in [-0.4, -0.2) is 37.5 Å². The molecule has 4 rings (SSSR count). The van der Waals surface area contributed by atoms with E-state index in [1.54, 1.807) is 0 Å². The van der Waals surface area contributed by atoms with Crippen LogP contribution in [0.1, 0.15) is 64.2 Å². The van der Waals surface area contributed by atoms with Crippen LogP contribution in [0.15, 0.2) is 0 Å². The van der Waals surface area contributed by atoms with E-state index in [1.165, 1.54) is 19.3 Å². The molecular formula is C19H27F3NO5S-. The van der Waals surface area contributed by atoms with Crippen molar-refractivity contribution in [3.63, 3.8) is 0 Å². The maximum absolute atomic E-state index is 12.8. The number of carbonyl (C=O) groups is 1. The molecule has 0 aromatic carbocycles. The van der Waals surface area contributed by atoms with Gasteiger partial charge in [0.25, 0.3) is 0 Å². The van der Waals surface area contributed by atoms with Crippen molar-refractivity contribution in [2.24, 2.45) is 28.6 Å². The molecule has 5 unspecified atom stereocenters. The van der Waals surface area contributed by atoms with Crippen molar-refractivity contribution < 1.29 is 31.1 Å². The average Bonchev–Trinajstić information content (AvgIpc) is 2.95. The lowest BCUT2D eigenvalue weighted by molar-refractivity contribution is -0.158. The molecule has 10 heteroatoms. The van der Waals surface area contributed by atoms with Gasteiger partial charge in [0, 0.05) is 6.54 Å². The molecule has 4 aliphatic rings. The summed E-state index contributed by atoms with van der Waals surface area (Å²) in [4.78, 5) is 12.8. The van der Waals surface area contributed by atoms with Gasteiger partial charge in [-0.05, 0) is 74.5 Å². The van der Waals surface area contributed by atoms with Crippen molar-refractivity contribution in [1.29, 1.82) is 0 Å². The van der Waals surface area contributed by atoms with E-state index in [4.69, 9.17) is 4.74 Å². The van der Waals surface area contributed by atoms with Gasteiger partial charge in [-0.25, -0.2) is 8.42 Å². The maximum atomic E-state index is 12.8. The number of ether oxygens (including phenoxy) is 1. The predicted molar refractivity (Wildman–Crippen MR) is 97.5 cm³/mol. The molecular weight excluding hydrogens is 411 g/mol. The van der Waals surface area contributed by atoms with Crippen LogP contribution in [0.5, 0.6) is 0 Å². The highest BCUT2D eigenvalue weighted by Crippen LogP contribution is 2.78. The first kappa shape index (κ1) is 21.4. The highest BCUT2D eigenvalue weighted by Gasteiger charge is 2.72. The first-order valence-electron chi connectivity index (χ1n) is 10.4. The zero-order valence-electron chi connectivity index (χ0n) is 16.2. The molecule has 29 heavy (non-hydrogen) atoms. The van der Waals surface area contributed by atoms with Gasteiger partial charge in [0.2, 0.25) is 0 Å². The Balaban J connectivity index is 1.14. The third kappa shape index (κ3) is 3.39. The summed E-state index contributed by atoms with van der Waals surface area (Å²) in [6.07, 6.45) is 8.26. The van der Waals surface area contributed by atoms with E-state index in [0.717, 1.165) is 25.2 Å².